The topological polar surface area (TPSA) is 61.8 Å². The number of halogens is 1. The highest BCUT2D eigenvalue weighted by atomic mass is 19.1. The maximum Gasteiger partial charge on any atom is 0.226 e. The van der Waals surface area contributed by atoms with Crippen LogP contribution in [-0.2, 0) is 9.53 Å². The number of aliphatic hydroxyl groups excluding tert-OH is 1. The average molecular weight is 410 g/mol. The molecule has 1 amide bonds. The maximum absolute atomic E-state index is 13.8. The number of carbonyl (C=O) groups excluding carboxylic acids is 1. The van der Waals surface area contributed by atoms with Crippen molar-refractivity contribution in [3.8, 4) is 11.1 Å². The molecule has 5 rings (SSSR count). The molecule has 0 bridgehead atoms. The summed E-state index contributed by atoms with van der Waals surface area (Å²) in [5.41, 5.74) is 3.76. The van der Waals surface area contributed by atoms with Crippen molar-refractivity contribution >= 4 is 11.6 Å². The molecule has 6 heteroatoms. The molecular formula is C24H27FN2O3. The fourth-order valence-corrected chi connectivity index (χ4v) is 5.34. The van der Waals surface area contributed by atoms with Gasteiger partial charge >= 0.3 is 0 Å². The maximum atomic E-state index is 13.8. The zero-order valence-electron chi connectivity index (χ0n) is 16.9. The largest absolute Gasteiger partial charge is 0.394 e. The number of carbonyl (C=O) groups is 1. The zero-order valence-corrected chi connectivity index (χ0v) is 16.9. The molecule has 3 heterocycles. The molecule has 0 saturated carbocycles. The third-order valence-electron chi connectivity index (χ3n) is 6.88. The molecule has 3 atom stereocenters. The van der Waals surface area contributed by atoms with Gasteiger partial charge in [0.05, 0.1) is 18.7 Å². The number of likely N-dealkylation sites (tertiary alicyclic amines) is 1. The number of ether oxygens (including phenoxy) is 1. The molecular weight excluding hydrogens is 383 g/mol. The normalized spacial score (nSPS) is 26.1. The quantitative estimate of drug-likeness (QED) is 0.812. The highest BCUT2D eigenvalue weighted by molar-refractivity contribution is 5.81. The minimum atomic E-state index is -0.265. The summed E-state index contributed by atoms with van der Waals surface area (Å²) in [5.74, 6) is 0.106. The zero-order chi connectivity index (χ0) is 20.7. The van der Waals surface area contributed by atoms with E-state index in [4.69, 9.17) is 4.74 Å². The molecule has 0 unspecified atom stereocenters. The summed E-state index contributed by atoms with van der Waals surface area (Å²) in [6.07, 6.45) is 2.40. The number of aliphatic hydroxyl groups is 1. The highest BCUT2D eigenvalue weighted by Crippen LogP contribution is 2.48. The summed E-state index contributed by atoms with van der Waals surface area (Å²) < 4.78 is 19.2. The van der Waals surface area contributed by atoms with Gasteiger partial charge in [-0.2, -0.15) is 0 Å². The van der Waals surface area contributed by atoms with Gasteiger partial charge in [-0.3, -0.25) is 4.79 Å². The Morgan fingerprint density at radius 3 is 2.70 bits per heavy atom. The molecule has 2 fully saturated rings. The van der Waals surface area contributed by atoms with Gasteiger partial charge in [0.2, 0.25) is 5.91 Å². The molecule has 0 spiro atoms. The predicted molar refractivity (Wildman–Crippen MR) is 112 cm³/mol. The van der Waals surface area contributed by atoms with Gasteiger partial charge in [-0.25, -0.2) is 4.39 Å². The van der Waals surface area contributed by atoms with Crippen molar-refractivity contribution in [2.45, 2.75) is 31.3 Å². The van der Waals surface area contributed by atoms with Gasteiger partial charge in [0, 0.05) is 37.3 Å². The fourth-order valence-electron chi connectivity index (χ4n) is 5.34. The fraction of sp³-hybridized carbons (Fsp3) is 0.458. The van der Waals surface area contributed by atoms with E-state index in [-0.39, 0.29) is 42.3 Å². The lowest BCUT2D eigenvalue weighted by molar-refractivity contribution is -0.140. The SMILES string of the molecule is O=C(C1CCOCC1)N1CC[C@@H]2[C@@H](CO)Nc3ccc(-c4cccc(F)c4)cc3[C@@H]21. The summed E-state index contributed by atoms with van der Waals surface area (Å²) in [4.78, 5) is 15.4. The lowest BCUT2D eigenvalue weighted by atomic mass is 9.82. The van der Waals surface area contributed by atoms with Crippen molar-refractivity contribution in [2.75, 3.05) is 31.7 Å². The Morgan fingerprint density at radius 2 is 1.93 bits per heavy atom. The third-order valence-corrected chi connectivity index (χ3v) is 6.88. The van der Waals surface area contributed by atoms with E-state index in [1.54, 1.807) is 6.07 Å². The predicted octanol–water partition coefficient (Wildman–Crippen LogP) is 3.60. The van der Waals surface area contributed by atoms with E-state index >= 15 is 0 Å². The van der Waals surface area contributed by atoms with Crippen molar-refractivity contribution < 1.29 is 19.0 Å². The van der Waals surface area contributed by atoms with Crippen molar-refractivity contribution in [1.82, 2.24) is 4.90 Å². The summed E-state index contributed by atoms with van der Waals surface area (Å²) in [7, 11) is 0. The highest BCUT2D eigenvalue weighted by Gasteiger charge is 2.46. The Labute approximate surface area is 175 Å². The number of nitrogens with zero attached hydrogens (tertiary/aromatic N) is 1. The van der Waals surface area contributed by atoms with E-state index in [0.29, 0.717) is 19.8 Å². The van der Waals surface area contributed by atoms with Gasteiger partial charge in [0.25, 0.3) is 0 Å². The number of rotatable bonds is 3. The van der Waals surface area contributed by atoms with Crippen LogP contribution < -0.4 is 5.32 Å². The lowest BCUT2D eigenvalue weighted by Gasteiger charge is -2.40. The molecule has 30 heavy (non-hydrogen) atoms. The summed E-state index contributed by atoms with van der Waals surface area (Å²) in [6.45, 7) is 2.01. The van der Waals surface area contributed by atoms with E-state index in [0.717, 1.165) is 41.6 Å². The molecule has 0 aliphatic carbocycles. The number of hydrogen-bond donors (Lipinski definition) is 2. The van der Waals surface area contributed by atoms with Gasteiger partial charge in [0.15, 0.2) is 0 Å². The summed E-state index contributed by atoms with van der Waals surface area (Å²) >= 11 is 0. The smallest absolute Gasteiger partial charge is 0.226 e. The second-order valence-electron chi connectivity index (χ2n) is 8.56. The molecule has 2 N–H and O–H groups in total. The van der Waals surface area contributed by atoms with Gasteiger partial charge in [-0.15, -0.1) is 0 Å². The van der Waals surface area contributed by atoms with E-state index in [1.807, 2.05) is 23.1 Å². The molecule has 0 aromatic heterocycles. The van der Waals surface area contributed by atoms with Crippen LogP contribution in [0.1, 0.15) is 30.9 Å². The number of benzene rings is 2. The monoisotopic (exact) mass is 410 g/mol. The molecule has 5 nitrogen and oxygen atoms in total. The number of fused-ring (bicyclic) bond motifs is 3. The Balaban J connectivity index is 1.53. The van der Waals surface area contributed by atoms with Crippen LogP contribution in [0.2, 0.25) is 0 Å². The van der Waals surface area contributed by atoms with E-state index in [9.17, 15) is 14.3 Å². The minimum absolute atomic E-state index is 0.00909. The molecule has 2 saturated heterocycles. The Kier molecular flexibility index (Phi) is 5.21. The first-order chi connectivity index (χ1) is 14.7. The Hall–Kier alpha value is -2.44. The van der Waals surface area contributed by atoms with Crippen LogP contribution in [0.4, 0.5) is 10.1 Å². The molecule has 3 aliphatic rings. The number of hydrogen-bond acceptors (Lipinski definition) is 4. The first-order valence-corrected chi connectivity index (χ1v) is 10.8. The van der Waals surface area contributed by atoms with Crippen LogP contribution in [0, 0.1) is 17.7 Å². The van der Waals surface area contributed by atoms with Gasteiger partial charge in [-0.1, -0.05) is 18.2 Å². The van der Waals surface area contributed by atoms with Crippen LogP contribution in [0.3, 0.4) is 0 Å². The molecule has 2 aromatic carbocycles. The summed E-state index contributed by atoms with van der Waals surface area (Å²) in [5, 5.41) is 13.4. The number of nitrogens with one attached hydrogen (secondary N) is 1. The standard InChI is InChI=1S/C24H27FN2O3/c25-18-3-1-2-16(12-18)17-4-5-21-20(13-17)23-19(22(14-28)26-21)6-9-27(23)24(29)15-7-10-30-11-8-15/h1-5,12-13,15,19,22-23,26,28H,6-11,14H2/t19-,22-,23-/m1/s1. The number of anilines is 1. The lowest BCUT2D eigenvalue weighted by Crippen LogP contribution is -2.44. The minimum Gasteiger partial charge on any atom is -0.394 e. The molecule has 3 aliphatic heterocycles. The third kappa shape index (κ3) is 3.38. The van der Waals surface area contributed by atoms with Crippen LogP contribution >= 0.6 is 0 Å². The van der Waals surface area contributed by atoms with Gasteiger partial charge < -0.3 is 20.1 Å². The van der Waals surface area contributed by atoms with Crippen LogP contribution in [0.15, 0.2) is 42.5 Å². The first-order valence-electron chi connectivity index (χ1n) is 10.8. The Morgan fingerprint density at radius 1 is 1.13 bits per heavy atom. The first kappa shape index (κ1) is 19.5. The van der Waals surface area contributed by atoms with Crippen molar-refractivity contribution in [2.24, 2.45) is 11.8 Å². The van der Waals surface area contributed by atoms with Crippen LogP contribution in [-0.4, -0.2) is 48.3 Å². The second-order valence-corrected chi connectivity index (χ2v) is 8.56. The van der Waals surface area contributed by atoms with Gasteiger partial charge in [-0.05, 0) is 60.2 Å². The van der Waals surface area contributed by atoms with E-state index in [2.05, 4.69) is 11.4 Å². The average Bonchev–Trinajstić information content (AvgIpc) is 3.24. The summed E-state index contributed by atoms with van der Waals surface area (Å²) in [6, 6.07) is 12.5. The van der Waals surface area contributed by atoms with Crippen LogP contribution in [0.5, 0.6) is 0 Å². The number of amides is 1. The second kappa shape index (κ2) is 8.00. The molecule has 2 aromatic rings. The Bertz CT molecular complexity index is 944. The molecule has 0 radical (unpaired) electrons. The van der Waals surface area contributed by atoms with E-state index in [1.165, 1.54) is 12.1 Å². The van der Waals surface area contributed by atoms with Crippen molar-refractivity contribution in [3.05, 3.63) is 53.8 Å². The van der Waals surface area contributed by atoms with Crippen molar-refractivity contribution in [1.29, 1.82) is 0 Å². The van der Waals surface area contributed by atoms with Gasteiger partial charge in [0.1, 0.15) is 5.82 Å². The van der Waals surface area contributed by atoms with Crippen molar-refractivity contribution in [3.63, 3.8) is 0 Å². The van der Waals surface area contributed by atoms with Crippen LogP contribution in [0.25, 0.3) is 11.1 Å². The molecule has 158 valence electrons. The van der Waals surface area contributed by atoms with E-state index < -0.39 is 0 Å².